The third-order valence-corrected chi connectivity index (χ3v) is 6.49. The van der Waals surface area contributed by atoms with Crippen LogP contribution >= 0.6 is 0 Å². The molecule has 1 amide bonds. The van der Waals surface area contributed by atoms with Gasteiger partial charge in [0.2, 0.25) is 5.91 Å². The number of para-hydroxylation sites is 1. The van der Waals surface area contributed by atoms with Gasteiger partial charge in [0.1, 0.15) is 0 Å². The first-order chi connectivity index (χ1) is 16.6. The lowest BCUT2D eigenvalue weighted by Crippen LogP contribution is -2.40. The fourth-order valence-corrected chi connectivity index (χ4v) is 4.79. The highest BCUT2D eigenvalue weighted by atomic mass is 16.6. The van der Waals surface area contributed by atoms with E-state index in [1.165, 1.54) is 31.7 Å². The van der Waals surface area contributed by atoms with Crippen LogP contribution in [-0.4, -0.2) is 39.4 Å². The van der Waals surface area contributed by atoms with Crippen molar-refractivity contribution in [1.29, 1.82) is 0 Å². The molecule has 0 aliphatic carbocycles. The fourth-order valence-electron chi connectivity index (χ4n) is 4.79. The monoisotopic (exact) mass is 485 g/mol. The van der Waals surface area contributed by atoms with E-state index in [-0.39, 0.29) is 28.4 Å². The Kier molecular flexibility index (Phi) is 10.5. The van der Waals surface area contributed by atoms with Crippen molar-refractivity contribution in [3.63, 3.8) is 0 Å². The molecular weight excluding hydrogens is 446 g/mol. The van der Waals surface area contributed by atoms with Crippen LogP contribution in [0.3, 0.4) is 0 Å². The van der Waals surface area contributed by atoms with Crippen molar-refractivity contribution in [1.82, 2.24) is 10.2 Å². The molecule has 1 heterocycles. The number of carbonyl (C=O) groups is 2. The minimum Gasteiger partial charge on any atom is -0.478 e. The molecule has 0 radical (unpaired) electrons. The highest BCUT2D eigenvalue weighted by molar-refractivity contribution is 6.02. The van der Waals surface area contributed by atoms with Crippen molar-refractivity contribution in [2.75, 3.05) is 6.54 Å². The second-order valence-corrected chi connectivity index (χ2v) is 9.45. The van der Waals surface area contributed by atoms with Gasteiger partial charge in [-0.2, -0.15) is 0 Å². The summed E-state index contributed by atoms with van der Waals surface area (Å²) in [5, 5.41) is 24.9. The Morgan fingerprint density at radius 2 is 1.60 bits per heavy atom. The number of nitro groups is 1. The average Bonchev–Trinajstić information content (AvgIpc) is 2.78. The number of nitro benzene ring substituents is 1. The molecule has 0 fully saturated rings. The minimum atomic E-state index is -1.18. The second-order valence-electron chi connectivity index (χ2n) is 9.45. The number of carboxylic acid groups (broad SMARTS) is 1. The zero-order valence-electron chi connectivity index (χ0n) is 21.6. The molecule has 0 saturated heterocycles. The normalized spacial score (nSPS) is 16.2. The van der Waals surface area contributed by atoms with Crippen LogP contribution in [-0.2, 0) is 9.59 Å². The molecule has 0 aromatic heterocycles. The van der Waals surface area contributed by atoms with Crippen LogP contribution < -0.4 is 5.32 Å². The van der Waals surface area contributed by atoms with E-state index in [4.69, 9.17) is 0 Å². The van der Waals surface area contributed by atoms with Crippen molar-refractivity contribution >= 4 is 17.6 Å². The summed E-state index contributed by atoms with van der Waals surface area (Å²) in [7, 11) is 0. The molecule has 192 valence electrons. The molecule has 1 aliphatic rings. The van der Waals surface area contributed by atoms with E-state index < -0.39 is 22.7 Å². The number of allylic oxidation sites excluding steroid dienone is 2. The van der Waals surface area contributed by atoms with Gasteiger partial charge in [-0.05, 0) is 34.1 Å². The Hall–Kier alpha value is -3.16. The van der Waals surface area contributed by atoms with Crippen molar-refractivity contribution in [2.45, 2.75) is 91.5 Å². The van der Waals surface area contributed by atoms with Gasteiger partial charge in [-0.3, -0.25) is 14.9 Å². The van der Waals surface area contributed by atoms with Gasteiger partial charge in [-0.25, -0.2) is 4.79 Å². The lowest BCUT2D eigenvalue weighted by molar-refractivity contribution is -0.385. The van der Waals surface area contributed by atoms with E-state index in [0.29, 0.717) is 17.9 Å². The zero-order chi connectivity index (χ0) is 26.1. The Labute approximate surface area is 208 Å². The number of hydrogen-bond donors (Lipinski definition) is 2. The van der Waals surface area contributed by atoms with Gasteiger partial charge in [-0.1, -0.05) is 63.6 Å². The van der Waals surface area contributed by atoms with Crippen LogP contribution in [0, 0.1) is 10.1 Å². The summed E-state index contributed by atoms with van der Waals surface area (Å²) in [6.07, 6.45) is 7.83. The fraction of sp³-hybridized carbons (Fsp3) is 0.556. The number of nitrogens with one attached hydrogen (secondary N) is 1. The molecule has 2 rings (SSSR count). The van der Waals surface area contributed by atoms with Crippen LogP contribution in [0.15, 0.2) is 46.8 Å². The summed E-state index contributed by atoms with van der Waals surface area (Å²) in [6.45, 7) is 9.96. The molecule has 8 nitrogen and oxygen atoms in total. The number of rotatable bonds is 13. The Morgan fingerprint density at radius 3 is 2.17 bits per heavy atom. The molecule has 8 heteroatoms. The second kappa shape index (κ2) is 13.1. The molecule has 1 unspecified atom stereocenters. The van der Waals surface area contributed by atoms with Gasteiger partial charge in [0.05, 0.1) is 16.4 Å². The highest BCUT2D eigenvalue weighted by Crippen LogP contribution is 2.44. The molecule has 0 bridgehead atoms. The topological polar surface area (TPSA) is 113 Å². The molecule has 35 heavy (non-hydrogen) atoms. The van der Waals surface area contributed by atoms with Gasteiger partial charge in [0, 0.05) is 41.2 Å². The van der Waals surface area contributed by atoms with E-state index in [9.17, 15) is 24.8 Å². The number of aliphatic carboxylic acids is 1. The zero-order valence-corrected chi connectivity index (χ0v) is 21.6. The maximum atomic E-state index is 13.4. The number of carbonyl (C=O) groups excluding carboxylic acids is 1. The average molecular weight is 486 g/mol. The molecule has 1 aromatic carbocycles. The van der Waals surface area contributed by atoms with Crippen molar-refractivity contribution in [3.8, 4) is 0 Å². The molecule has 0 spiro atoms. The van der Waals surface area contributed by atoms with Crippen LogP contribution in [0.25, 0.3) is 0 Å². The van der Waals surface area contributed by atoms with E-state index >= 15 is 0 Å². The van der Waals surface area contributed by atoms with Gasteiger partial charge in [0.25, 0.3) is 5.69 Å². The SMILES string of the molecule is CCCCCCCCCN1C(C)=C(C(=O)O)C(c2ccccc2[N+](=O)[O-])C(C(=O)NC(C)C)=C1C. The van der Waals surface area contributed by atoms with E-state index in [1.807, 2.05) is 18.7 Å². The van der Waals surface area contributed by atoms with Crippen molar-refractivity contribution < 1.29 is 19.6 Å². The predicted molar refractivity (Wildman–Crippen MR) is 137 cm³/mol. The third kappa shape index (κ3) is 6.93. The summed E-state index contributed by atoms with van der Waals surface area (Å²) >= 11 is 0. The summed E-state index contributed by atoms with van der Waals surface area (Å²) in [5.41, 5.74) is 1.41. The molecule has 0 saturated carbocycles. The van der Waals surface area contributed by atoms with Gasteiger partial charge in [-0.15, -0.1) is 0 Å². The number of nitrogens with zero attached hydrogens (tertiary/aromatic N) is 2. The number of hydrogen-bond acceptors (Lipinski definition) is 5. The maximum absolute atomic E-state index is 13.4. The molecule has 1 atom stereocenters. The van der Waals surface area contributed by atoms with Crippen LogP contribution in [0.5, 0.6) is 0 Å². The minimum absolute atomic E-state index is 0.00162. The summed E-state index contributed by atoms with van der Waals surface area (Å²) in [6, 6.07) is 5.89. The van der Waals surface area contributed by atoms with Crippen molar-refractivity contribution in [2.24, 2.45) is 0 Å². The molecule has 2 N–H and O–H groups in total. The van der Waals surface area contributed by atoms with E-state index in [2.05, 4.69) is 12.2 Å². The van der Waals surface area contributed by atoms with E-state index in [1.54, 1.807) is 32.0 Å². The summed E-state index contributed by atoms with van der Waals surface area (Å²) in [4.78, 5) is 39.1. The van der Waals surface area contributed by atoms with Gasteiger partial charge in [0.15, 0.2) is 0 Å². The Balaban J connectivity index is 2.52. The van der Waals surface area contributed by atoms with Crippen LogP contribution in [0.1, 0.15) is 91.0 Å². The quantitative estimate of drug-likeness (QED) is 0.204. The summed E-state index contributed by atoms with van der Waals surface area (Å²) in [5.74, 6) is -2.63. The lowest BCUT2D eigenvalue weighted by atomic mass is 9.78. The maximum Gasteiger partial charge on any atom is 0.334 e. The Bertz CT molecular complexity index is 996. The Morgan fingerprint density at radius 1 is 1.03 bits per heavy atom. The number of amides is 1. The van der Waals surface area contributed by atoms with Crippen molar-refractivity contribution in [3.05, 3.63) is 62.5 Å². The molecule has 1 aromatic rings. The predicted octanol–water partition coefficient (Wildman–Crippen LogP) is 5.90. The first-order valence-corrected chi connectivity index (χ1v) is 12.6. The van der Waals surface area contributed by atoms with Crippen LogP contribution in [0.4, 0.5) is 5.69 Å². The standard InChI is InChI=1S/C27H39N3O5/c1-6-7-8-9-10-11-14-17-29-19(4)23(26(31)28-18(2)3)25(24(20(29)5)27(32)33)21-15-12-13-16-22(21)30(34)35/h12-13,15-16,18,25H,6-11,14,17H2,1-5H3,(H,28,31)(H,32,33). The van der Waals surface area contributed by atoms with E-state index in [0.717, 1.165) is 19.3 Å². The number of unbranched alkanes of at least 4 members (excludes halogenated alkanes) is 6. The molecular formula is C27H39N3O5. The summed E-state index contributed by atoms with van der Waals surface area (Å²) < 4.78 is 0. The third-order valence-electron chi connectivity index (χ3n) is 6.49. The van der Waals surface area contributed by atoms with Crippen LogP contribution in [0.2, 0.25) is 0 Å². The first-order valence-electron chi connectivity index (χ1n) is 12.6. The first kappa shape index (κ1) is 28.1. The number of benzene rings is 1. The highest BCUT2D eigenvalue weighted by Gasteiger charge is 2.41. The van der Waals surface area contributed by atoms with Gasteiger partial charge >= 0.3 is 5.97 Å². The molecule has 1 aliphatic heterocycles. The number of carboxylic acids is 1. The largest absolute Gasteiger partial charge is 0.478 e. The smallest absolute Gasteiger partial charge is 0.334 e. The lowest BCUT2D eigenvalue weighted by Gasteiger charge is -2.38. The van der Waals surface area contributed by atoms with Gasteiger partial charge < -0.3 is 15.3 Å².